The second-order valence-corrected chi connectivity index (χ2v) is 37.9. The molecule has 22 rings (SSSR count). The Bertz CT molecular complexity index is 5690. The lowest BCUT2D eigenvalue weighted by molar-refractivity contribution is -0.252. The van der Waals surface area contributed by atoms with E-state index in [4.69, 9.17) is 75.7 Å². The van der Waals surface area contributed by atoms with E-state index in [-0.39, 0.29) is 70.0 Å². The summed E-state index contributed by atoms with van der Waals surface area (Å²) in [6.07, 6.45) is 34.9. The van der Waals surface area contributed by atoms with E-state index in [1.54, 1.807) is 48.5 Å². The van der Waals surface area contributed by atoms with Gasteiger partial charge in [0.25, 0.3) is 0 Å². The fourth-order valence-corrected chi connectivity index (χ4v) is 22.2. The second-order valence-electron chi connectivity index (χ2n) is 37.0. The summed E-state index contributed by atoms with van der Waals surface area (Å²) in [7, 11) is 0. The van der Waals surface area contributed by atoms with E-state index in [0.717, 1.165) is 178 Å². The summed E-state index contributed by atoms with van der Waals surface area (Å²) in [6.45, 7) is 19.2. The lowest BCUT2D eigenvalue weighted by Crippen LogP contribution is -2.54. The van der Waals surface area contributed by atoms with E-state index in [2.05, 4.69) is 88.1 Å². The van der Waals surface area contributed by atoms with Gasteiger partial charge in [-0.1, -0.05) is 118 Å². The van der Waals surface area contributed by atoms with Crippen molar-refractivity contribution in [2.24, 2.45) is 21.7 Å². The molecular weight excluding hydrogens is 1640 g/mol. The number of hydrogen-bond donors (Lipinski definition) is 0. The summed E-state index contributed by atoms with van der Waals surface area (Å²) < 4.78 is 126. The summed E-state index contributed by atoms with van der Waals surface area (Å²) in [6, 6.07) is 41.2. The molecule has 4 aliphatic heterocycles. The smallest absolute Gasteiger partial charge is 0.178 e. The van der Waals surface area contributed by atoms with Gasteiger partial charge < -0.3 is 47.4 Å². The van der Waals surface area contributed by atoms with Gasteiger partial charge in [-0.05, 0) is 276 Å². The maximum absolute atomic E-state index is 13.6. The van der Waals surface area contributed by atoms with Crippen molar-refractivity contribution in [2.75, 3.05) is 33.0 Å². The van der Waals surface area contributed by atoms with Gasteiger partial charge in [-0.25, -0.2) is 36.3 Å². The molecule has 6 unspecified atom stereocenters. The van der Waals surface area contributed by atoms with Crippen LogP contribution in [0.25, 0.3) is 47.1 Å². The van der Waals surface area contributed by atoms with Crippen LogP contribution >= 0.6 is 23.2 Å². The van der Waals surface area contributed by atoms with E-state index in [9.17, 15) is 17.6 Å². The minimum absolute atomic E-state index is 0.134. The maximum atomic E-state index is 13.6. The van der Waals surface area contributed by atoms with E-state index < -0.39 is 28.6 Å². The molecule has 8 aliphatic carbocycles. The second kappa shape index (κ2) is 34.8. The van der Waals surface area contributed by atoms with Gasteiger partial charge in [0.05, 0.1) is 135 Å². The van der Waals surface area contributed by atoms with Crippen molar-refractivity contribution in [1.29, 1.82) is 0 Å². The average Bonchev–Trinajstić information content (AvgIpc) is 1.60. The van der Waals surface area contributed by atoms with E-state index in [1.807, 2.05) is 92.0 Å². The molecule has 8 heterocycles. The Labute approximate surface area is 744 Å². The Kier molecular flexibility index (Phi) is 23.9. The Morgan fingerprint density at radius 1 is 0.381 bits per heavy atom. The molecule has 4 spiro atoms. The van der Waals surface area contributed by atoms with Crippen LogP contribution in [0.2, 0.25) is 10.0 Å². The zero-order valence-corrected chi connectivity index (χ0v) is 74.2. The predicted octanol–water partition coefficient (Wildman–Crippen LogP) is 22.4. The number of fused-ring (bicyclic) bond motifs is 12. The molecule has 18 nitrogen and oxygen atoms in total. The van der Waals surface area contributed by atoms with Crippen molar-refractivity contribution in [3.8, 4) is 22.7 Å². The van der Waals surface area contributed by atoms with Crippen LogP contribution in [0.4, 0.5) is 17.6 Å². The highest BCUT2D eigenvalue weighted by atomic mass is 35.5. The maximum Gasteiger partial charge on any atom is 0.178 e. The number of rotatable bonds is 15. The molecule has 4 saturated heterocycles. The van der Waals surface area contributed by atoms with Crippen LogP contribution in [0, 0.1) is 44.9 Å². The molecule has 0 bridgehead atoms. The Morgan fingerprint density at radius 3 is 0.992 bits per heavy atom. The minimum atomic E-state index is -0.838. The van der Waals surface area contributed by atoms with Crippen LogP contribution in [-0.4, -0.2) is 126 Å². The number of aromatic nitrogens is 8. The number of halogens is 6. The fraction of sp³-hybridized carbons (Fsp3) is 0.451. The van der Waals surface area contributed by atoms with E-state index >= 15 is 0 Å². The largest absolute Gasteiger partial charge is 0.374 e. The third kappa shape index (κ3) is 15.9. The highest BCUT2D eigenvalue weighted by Gasteiger charge is 2.65. The highest BCUT2D eigenvalue weighted by Crippen LogP contribution is 2.63. The molecule has 6 aromatic carbocycles. The summed E-state index contributed by atoms with van der Waals surface area (Å²) >= 11 is 12.1. The molecule has 0 amide bonds. The van der Waals surface area contributed by atoms with Crippen molar-refractivity contribution in [3.05, 3.63) is 282 Å². The molecular formula is C102H110Cl2F4N8O10. The van der Waals surface area contributed by atoms with Crippen LogP contribution in [0.5, 0.6) is 0 Å². The van der Waals surface area contributed by atoms with Gasteiger partial charge in [0.1, 0.15) is 35.5 Å². The molecule has 24 heteroatoms. The molecule has 12 atom stereocenters. The average molecular weight is 1750 g/mol. The van der Waals surface area contributed by atoms with Crippen molar-refractivity contribution >= 4 is 47.5 Å². The third-order valence-electron chi connectivity index (χ3n) is 29.0. The van der Waals surface area contributed by atoms with E-state index in [1.165, 1.54) is 87.5 Å². The van der Waals surface area contributed by atoms with Crippen LogP contribution in [0.15, 0.2) is 193 Å². The first-order valence-electron chi connectivity index (χ1n) is 45.0. The molecule has 4 saturated carbocycles. The normalized spacial score (nSPS) is 29.1. The lowest BCUT2D eigenvalue weighted by Gasteiger charge is -2.51. The van der Waals surface area contributed by atoms with Gasteiger partial charge >= 0.3 is 0 Å². The van der Waals surface area contributed by atoms with Crippen molar-refractivity contribution < 1.29 is 64.9 Å². The fourth-order valence-electron chi connectivity index (χ4n) is 22.0. The van der Waals surface area contributed by atoms with Crippen molar-refractivity contribution in [1.82, 2.24) is 39.1 Å². The molecule has 0 radical (unpaired) electrons. The highest BCUT2D eigenvalue weighted by molar-refractivity contribution is 6.30. The molecule has 660 valence electrons. The molecule has 10 aromatic rings. The van der Waals surface area contributed by atoms with Crippen LogP contribution in [0.1, 0.15) is 201 Å². The van der Waals surface area contributed by atoms with Gasteiger partial charge in [-0.3, -0.25) is 0 Å². The lowest BCUT2D eigenvalue weighted by atomic mass is 9.62. The van der Waals surface area contributed by atoms with Crippen LogP contribution < -0.4 is 0 Å². The predicted molar refractivity (Wildman–Crippen MR) is 475 cm³/mol. The van der Waals surface area contributed by atoms with Gasteiger partial charge in [-0.15, -0.1) is 0 Å². The SMILES string of the molecule is CC12Cc3cnn(-c4ccc(F)cc4)c3C=C1CCCC21O[C@H](COCc2ccc(Cl)cc2)[C@@H](COCc2ccc(Cl)cc2)O1.CCC1COC2(CCCC3=Cc4c(cnn4-c4ccc(F)cc4)C[C@@]32C)O1.CCCC1COC2(CCCC3=Cc4c(cnn4-c4ccc(F)cc4)C[C@@]32C)O1.C[C@@H]1COC2(CCCC3=Cc4c(cnn4-c4ccc(F)cc4)C[C@@]32C)O1. The molecule has 8 fully saturated rings. The van der Waals surface area contributed by atoms with Crippen molar-refractivity contribution in [3.63, 3.8) is 0 Å². The summed E-state index contributed by atoms with van der Waals surface area (Å²) in [5.74, 6) is -3.38. The van der Waals surface area contributed by atoms with Gasteiger partial charge in [0, 0.05) is 57.4 Å². The third-order valence-corrected chi connectivity index (χ3v) is 29.5. The number of benzene rings is 6. The monoisotopic (exact) mass is 1750 g/mol. The molecule has 0 N–H and O–H groups in total. The quantitative estimate of drug-likeness (QED) is 0.0891. The standard InChI is InChI=1S/C36H35Cl2FN2O4.C23H27FN2O2.C22H25FN2O2.C21H23FN2O2/c1-35-18-26-19-40-41(31-14-12-30(39)13-15-31)32(26)17-27(35)3-2-16-36(35)44-33(22-42-20-24-4-8-28(37)9-5-24)34(45-36)23-43-21-25-6-10-29(38)11-7-25;1-3-5-20-15-27-23(28-20)11-4-6-17-12-21-16(13-22(17,23)2)14-25-26(21)19-9-7-18(24)8-10-19;1-3-19-14-26-22(27-19)10-4-5-16-11-20-15(12-21(16,22)2)13-24-25(20)18-8-6-17(23)7-9-18;1-14-13-25-21(26-14)9-3-4-16-10-19-15(11-20(16,21)2)12-23-24(19)18-7-5-17(22)6-8-18/h4-15,17,19,33-34H,2-3,16,18,20-23H2,1H3;7-10,12,14,20H,3-6,11,13,15H2,1-2H3;6-9,11,13,19H,3-5,10,12,14H2,1-2H3;5-8,10,12,14H,3-4,9,11,13H2,1-2H3/t33-,34-,35?;20?,22-,23?;19?,21-,22?;14-,20+,21?/m1001/s1. The van der Waals surface area contributed by atoms with Crippen molar-refractivity contribution in [2.45, 2.75) is 237 Å². The Balaban J connectivity index is 0.000000113. The molecule has 12 aliphatic rings. The minimum Gasteiger partial charge on any atom is -0.374 e. The summed E-state index contributed by atoms with van der Waals surface area (Å²) in [4.78, 5) is 0. The first-order valence-corrected chi connectivity index (χ1v) is 45.8. The van der Waals surface area contributed by atoms with Gasteiger partial charge in [0.2, 0.25) is 0 Å². The zero-order chi connectivity index (χ0) is 87.0. The number of ether oxygens (including phenoxy) is 10. The summed E-state index contributed by atoms with van der Waals surface area (Å²) in [5, 5.41) is 19.9. The molecule has 126 heavy (non-hydrogen) atoms. The Morgan fingerprint density at radius 2 is 0.683 bits per heavy atom. The topological polar surface area (TPSA) is 164 Å². The van der Waals surface area contributed by atoms with Crippen LogP contribution in [0.3, 0.4) is 0 Å². The van der Waals surface area contributed by atoms with Crippen LogP contribution in [-0.2, 0) is 86.3 Å². The summed E-state index contributed by atoms with van der Waals surface area (Å²) in [5.41, 5.74) is 19.0. The van der Waals surface area contributed by atoms with Gasteiger partial charge in [0.15, 0.2) is 23.1 Å². The molecule has 4 aromatic heterocycles. The van der Waals surface area contributed by atoms with E-state index in [0.29, 0.717) is 62.7 Å². The number of hydrogen-bond acceptors (Lipinski definition) is 14. The first kappa shape index (κ1) is 86.4. The zero-order valence-electron chi connectivity index (χ0n) is 72.7. The first-order chi connectivity index (χ1) is 60.9. The Hall–Kier alpha value is -8.98. The number of nitrogens with zero attached hydrogens (tertiary/aromatic N) is 8. The van der Waals surface area contributed by atoms with Gasteiger partial charge in [-0.2, -0.15) is 20.4 Å².